The van der Waals surface area contributed by atoms with Crippen molar-refractivity contribution in [3.8, 4) is 0 Å². The molecule has 5 heteroatoms. The third-order valence-corrected chi connectivity index (χ3v) is 4.55. The van der Waals surface area contributed by atoms with E-state index >= 15 is 0 Å². The van der Waals surface area contributed by atoms with Crippen molar-refractivity contribution in [3.63, 3.8) is 0 Å². The number of hydrogen-bond donors (Lipinski definition) is 1. The van der Waals surface area contributed by atoms with E-state index in [0.29, 0.717) is 12.0 Å². The molecule has 1 aliphatic rings. The van der Waals surface area contributed by atoms with Crippen LogP contribution in [0.2, 0.25) is 0 Å². The lowest BCUT2D eigenvalue weighted by Gasteiger charge is -2.25. The van der Waals surface area contributed by atoms with Gasteiger partial charge in [-0.25, -0.2) is 0 Å². The van der Waals surface area contributed by atoms with Gasteiger partial charge in [-0.15, -0.1) is 11.3 Å². The molecule has 94 valence electrons. The highest BCUT2D eigenvalue weighted by Crippen LogP contribution is 2.20. The zero-order valence-electron chi connectivity index (χ0n) is 10.1. The first-order chi connectivity index (χ1) is 8.31. The molecule has 0 amide bonds. The van der Waals surface area contributed by atoms with Gasteiger partial charge in [0.05, 0.1) is 19.1 Å². The van der Waals surface area contributed by atoms with Gasteiger partial charge in [0.25, 0.3) is 0 Å². The molecule has 1 aromatic rings. The minimum Gasteiger partial charge on any atom is -0.370 e. The van der Waals surface area contributed by atoms with E-state index in [9.17, 15) is 0 Å². The topological polar surface area (TPSA) is 41.6 Å². The monoisotopic (exact) mass is 269 g/mol. The van der Waals surface area contributed by atoms with Crippen LogP contribution in [0.25, 0.3) is 0 Å². The van der Waals surface area contributed by atoms with Crippen LogP contribution < -0.4 is 5.73 Å². The summed E-state index contributed by atoms with van der Waals surface area (Å²) in [6.45, 7) is 1.78. The molecule has 17 heavy (non-hydrogen) atoms. The molecule has 3 nitrogen and oxygen atoms in total. The Balaban J connectivity index is 1.89. The molecule has 0 saturated heterocycles. The molecule has 1 unspecified atom stereocenters. The highest BCUT2D eigenvalue weighted by Gasteiger charge is 2.25. The van der Waals surface area contributed by atoms with Gasteiger partial charge in [0.15, 0.2) is 5.96 Å². The first-order valence-corrected chi connectivity index (χ1v) is 8.16. The molecule has 0 radical (unpaired) electrons. The molecule has 0 fully saturated rings. The quantitative estimate of drug-likeness (QED) is 0.806. The number of rotatable bonds is 6. The van der Waals surface area contributed by atoms with Gasteiger partial charge in [-0.1, -0.05) is 6.07 Å². The molecular formula is C12H19N3S2. The molecule has 1 atom stereocenters. The maximum absolute atomic E-state index is 5.97. The van der Waals surface area contributed by atoms with E-state index in [1.54, 1.807) is 11.3 Å². The van der Waals surface area contributed by atoms with Crippen molar-refractivity contribution in [1.29, 1.82) is 0 Å². The molecule has 0 saturated carbocycles. The standard InChI is InChI=1S/C12H19N3S2/c1-16-6-2-4-10-8-14-12(13)15(10)9-11-5-3-7-17-11/h3,5,7,10H,2,4,6,8-9H2,1H3,(H2,13,14). The fourth-order valence-corrected chi connectivity index (χ4v) is 3.22. The molecule has 2 rings (SSSR count). The molecule has 0 aliphatic carbocycles. The molecule has 1 aromatic heterocycles. The van der Waals surface area contributed by atoms with E-state index in [1.165, 1.54) is 23.5 Å². The van der Waals surface area contributed by atoms with Gasteiger partial charge in [-0.2, -0.15) is 11.8 Å². The van der Waals surface area contributed by atoms with Gasteiger partial charge in [0, 0.05) is 4.88 Å². The fourth-order valence-electron chi connectivity index (χ4n) is 2.07. The van der Waals surface area contributed by atoms with Crippen LogP contribution in [0.4, 0.5) is 0 Å². The maximum atomic E-state index is 5.97. The van der Waals surface area contributed by atoms with Crippen LogP contribution >= 0.6 is 23.1 Å². The van der Waals surface area contributed by atoms with Crippen LogP contribution in [0, 0.1) is 0 Å². The highest BCUT2D eigenvalue weighted by molar-refractivity contribution is 7.98. The summed E-state index contributed by atoms with van der Waals surface area (Å²) in [6, 6.07) is 4.76. The first-order valence-electron chi connectivity index (χ1n) is 5.89. The van der Waals surface area contributed by atoms with Gasteiger partial charge in [-0.3, -0.25) is 4.99 Å². The van der Waals surface area contributed by atoms with Crippen LogP contribution in [0.1, 0.15) is 17.7 Å². The number of guanidine groups is 1. The summed E-state index contributed by atoms with van der Waals surface area (Å²) in [7, 11) is 0. The van der Waals surface area contributed by atoms with Crippen molar-refractivity contribution in [3.05, 3.63) is 22.4 Å². The molecule has 0 spiro atoms. The Bertz CT molecular complexity index is 362. The number of thioether (sulfide) groups is 1. The Labute approximate surface area is 111 Å². The van der Waals surface area contributed by atoms with Gasteiger partial charge in [-0.05, 0) is 36.3 Å². The van der Waals surface area contributed by atoms with E-state index in [4.69, 9.17) is 5.73 Å². The van der Waals surface area contributed by atoms with Crippen molar-refractivity contribution < 1.29 is 0 Å². The van der Waals surface area contributed by atoms with Crippen molar-refractivity contribution in [2.45, 2.75) is 25.4 Å². The summed E-state index contributed by atoms with van der Waals surface area (Å²) < 4.78 is 0. The number of aliphatic imine (C=N–C) groups is 1. The zero-order chi connectivity index (χ0) is 12.1. The first kappa shape index (κ1) is 12.8. The van der Waals surface area contributed by atoms with Crippen LogP contribution in [0.15, 0.2) is 22.5 Å². The number of nitrogens with zero attached hydrogens (tertiary/aromatic N) is 2. The third-order valence-electron chi connectivity index (χ3n) is 2.99. The summed E-state index contributed by atoms with van der Waals surface area (Å²) in [4.78, 5) is 7.99. The molecule has 0 bridgehead atoms. The van der Waals surface area contributed by atoms with Gasteiger partial charge in [0.1, 0.15) is 0 Å². The summed E-state index contributed by atoms with van der Waals surface area (Å²) in [5.74, 6) is 1.94. The number of nitrogens with two attached hydrogens (primary N) is 1. The summed E-state index contributed by atoms with van der Waals surface area (Å²) in [5, 5.41) is 2.11. The predicted octanol–water partition coefficient (Wildman–Crippen LogP) is 2.39. The third kappa shape index (κ3) is 3.39. The van der Waals surface area contributed by atoms with Crippen LogP contribution in [-0.4, -0.2) is 35.5 Å². The Kier molecular flexibility index (Phi) is 4.74. The van der Waals surface area contributed by atoms with E-state index in [2.05, 4.69) is 33.7 Å². The molecule has 1 aliphatic heterocycles. The summed E-state index contributed by atoms with van der Waals surface area (Å²) in [6.07, 6.45) is 4.59. The lowest BCUT2D eigenvalue weighted by atomic mass is 10.1. The second-order valence-corrected chi connectivity index (χ2v) is 6.21. The Hall–Kier alpha value is -0.680. The van der Waals surface area contributed by atoms with Gasteiger partial charge < -0.3 is 10.6 Å². The largest absolute Gasteiger partial charge is 0.370 e. The average molecular weight is 269 g/mol. The van der Waals surface area contributed by atoms with E-state index in [-0.39, 0.29) is 0 Å². The van der Waals surface area contributed by atoms with Crippen LogP contribution in [0.3, 0.4) is 0 Å². The molecular weight excluding hydrogens is 250 g/mol. The summed E-state index contributed by atoms with van der Waals surface area (Å²) in [5.41, 5.74) is 5.97. The van der Waals surface area contributed by atoms with Crippen molar-refractivity contribution in [2.24, 2.45) is 10.7 Å². The smallest absolute Gasteiger partial charge is 0.191 e. The highest BCUT2D eigenvalue weighted by atomic mass is 32.2. The normalized spacial score (nSPS) is 19.7. The fraction of sp³-hybridized carbons (Fsp3) is 0.583. The second kappa shape index (κ2) is 6.31. The minimum absolute atomic E-state index is 0.504. The second-order valence-electron chi connectivity index (χ2n) is 4.20. The van der Waals surface area contributed by atoms with Crippen LogP contribution in [0.5, 0.6) is 0 Å². The number of hydrogen-bond acceptors (Lipinski definition) is 5. The van der Waals surface area contributed by atoms with E-state index in [0.717, 1.165) is 13.1 Å². The van der Waals surface area contributed by atoms with Gasteiger partial charge >= 0.3 is 0 Å². The zero-order valence-corrected chi connectivity index (χ0v) is 11.8. The minimum atomic E-state index is 0.504. The summed E-state index contributed by atoms with van der Waals surface area (Å²) >= 11 is 3.69. The predicted molar refractivity (Wildman–Crippen MR) is 77.8 cm³/mol. The van der Waals surface area contributed by atoms with Crippen molar-refractivity contribution >= 4 is 29.1 Å². The SMILES string of the molecule is CSCCCC1CN=C(N)N1Cc1cccs1. The number of thiophene rings is 1. The van der Waals surface area contributed by atoms with Crippen LogP contribution in [-0.2, 0) is 6.54 Å². The lowest BCUT2D eigenvalue weighted by Crippen LogP contribution is -2.39. The van der Waals surface area contributed by atoms with Crippen molar-refractivity contribution in [2.75, 3.05) is 18.6 Å². The van der Waals surface area contributed by atoms with Crippen molar-refractivity contribution in [1.82, 2.24) is 4.90 Å². The maximum Gasteiger partial charge on any atom is 0.191 e. The molecule has 2 heterocycles. The molecule has 0 aromatic carbocycles. The van der Waals surface area contributed by atoms with Gasteiger partial charge in [0.2, 0.25) is 0 Å². The van der Waals surface area contributed by atoms with E-state index in [1.807, 2.05) is 11.8 Å². The Morgan fingerprint density at radius 3 is 3.24 bits per heavy atom. The lowest BCUT2D eigenvalue weighted by molar-refractivity contribution is 0.318. The Morgan fingerprint density at radius 2 is 2.53 bits per heavy atom. The Morgan fingerprint density at radius 1 is 1.65 bits per heavy atom. The molecule has 2 N–H and O–H groups in total. The average Bonchev–Trinajstić information content (AvgIpc) is 2.94. The van der Waals surface area contributed by atoms with E-state index < -0.39 is 0 Å².